The summed E-state index contributed by atoms with van der Waals surface area (Å²) in [6.07, 6.45) is 6.08. The van der Waals surface area contributed by atoms with Gasteiger partial charge in [-0.3, -0.25) is 4.90 Å². The Balaban J connectivity index is 1.94. The van der Waals surface area contributed by atoms with Gasteiger partial charge in [-0.15, -0.1) is 0 Å². The van der Waals surface area contributed by atoms with Crippen LogP contribution in [0.3, 0.4) is 0 Å². The second-order valence-corrected chi connectivity index (χ2v) is 3.95. The Bertz CT molecular complexity index is 243. The smallest absolute Gasteiger partial charge is 0.328 e. The highest BCUT2D eigenvalue weighted by atomic mass is 16.4. The van der Waals surface area contributed by atoms with E-state index in [1.54, 1.807) is 0 Å². The number of rotatable bonds is 2. The fraction of sp³-hybridized carbons (Fsp3) is 0.700. The summed E-state index contributed by atoms with van der Waals surface area (Å²) in [5, 5.41) is 8.61. The molecule has 0 bridgehead atoms. The van der Waals surface area contributed by atoms with E-state index in [9.17, 15) is 4.79 Å². The average molecular weight is 181 g/mol. The first kappa shape index (κ1) is 8.75. The van der Waals surface area contributed by atoms with E-state index in [2.05, 4.69) is 4.90 Å². The van der Waals surface area contributed by atoms with Crippen LogP contribution in [0.5, 0.6) is 0 Å². The molecule has 3 heteroatoms. The molecule has 3 nitrogen and oxygen atoms in total. The molecule has 0 aromatic carbocycles. The summed E-state index contributed by atoms with van der Waals surface area (Å²) in [5.41, 5.74) is 1.09. The van der Waals surface area contributed by atoms with Crippen LogP contribution in [0.15, 0.2) is 11.6 Å². The van der Waals surface area contributed by atoms with E-state index in [0.29, 0.717) is 0 Å². The minimum Gasteiger partial charge on any atom is -0.478 e. The minimum absolute atomic E-state index is 0.762. The number of hydrogen-bond acceptors (Lipinski definition) is 2. The van der Waals surface area contributed by atoms with E-state index in [-0.39, 0.29) is 0 Å². The Labute approximate surface area is 78.0 Å². The molecule has 1 aliphatic heterocycles. The van der Waals surface area contributed by atoms with Crippen LogP contribution in [0, 0.1) is 0 Å². The highest BCUT2D eigenvalue weighted by Gasteiger charge is 2.30. The van der Waals surface area contributed by atoms with Crippen molar-refractivity contribution >= 4 is 5.97 Å². The lowest BCUT2D eigenvalue weighted by molar-refractivity contribution is -0.131. The predicted octanol–water partition coefficient (Wildman–Crippen LogP) is 1.26. The van der Waals surface area contributed by atoms with Gasteiger partial charge in [0, 0.05) is 18.7 Å². The molecule has 1 saturated heterocycles. The van der Waals surface area contributed by atoms with Crippen molar-refractivity contribution in [1.29, 1.82) is 0 Å². The third kappa shape index (κ3) is 2.31. The van der Waals surface area contributed by atoms with Crippen LogP contribution in [-0.4, -0.2) is 35.1 Å². The Kier molecular flexibility index (Phi) is 2.36. The van der Waals surface area contributed by atoms with Crippen LogP contribution in [0.4, 0.5) is 0 Å². The molecular weight excluding hydrogens is 166 g/mol. The van der Waals surface area contributed by atoms with Crippen LogP contribution in [-0.2, 0) is 4.79 Å². The molecule has 13 heavy (non-hydrogen) atoms. The van der Waals surface area contributed by atoms with Crippen molar-refractivity contribution in [3.05, 3.63) is 11.6 Å². The number of aliphatic carboxylic acids is 1. The maximum Gasteiger partial charge on any atom is 0.328 e. The summed E-state index contributed by atoms with van der Waals surface area (Å²) in [7, 11) is 0. The summed E-state index contributed by atoms with van der Waals surface area (Å²) in [6, 6.07) is 0.762. The fourth-order valence-electron chi connectivity index (χ4n) is 1.97. The van der Waals surface area contributed by atoms with Gasteiger partial charge in [-0.05, 0) is 37.8 Å². The van der Waals surface area contributed by atoms with E-state index < -0.39 is 5.97 Å². The topological polar surface area (TPSA) is 40.5 Å². The van der Waals surface area contributed by atoms with Crippen molar-refractivity contribution in [2.75, 3.05) is 13.1 Å². The number of carboxylic acids is 1. The van der Waals surface area contributed by atoms with Crippen molar-refractivity contribution in [3.63, 3.8) is 0 Å². The monoisotopic (exact) mass is 181 g/mol. The molecule has 1 saturated carbocycles. The molecule has 0 aromatic heterocycles. The number of likely N-dealkylation sites (tertiary alicyclic amines) is 1. The van der Waals surface area contributed by atoms with Crippen LogP contribution < -0.4 is 0 Å². The first-order valence-corrected chi connectivity index (χ1v) is 4.92. The summed E-state index contributed by atoms with van der Waals surface area (Å²) in [5.74, 6) is -0.798. The molecule has 0 unspecified atom stereocenters. The van der Waals surface area contributed by atoms with E-state index >= 15 is 0 Å². The lowest BCUT2D eigenvalue weighted by Gasteiger charge is -2.28. The zero-order valence-corrected chi connectivity index (χ0v) is 7.70. The number of piperidine rings is 1. The first-order valence-electron chi connectivity index (χ1n) is 4.92. The molecule has 0 atom stereocenters. The number of hydrogen-bond donors (Lipinski definition) is 1. The maximum atomic E-state index is 10.5. The van der Waals surface area contributed by atoms with Gasteiger partial charge in [0.1, 0.15) is 0 Å². The third-order valence-corrected chi connectivity index (χ3v) is 2.74. The van der Waals surface area contributed by atoms with Gasteiger partial charge < -0.3 is 5.11 Å². The Morgan fingerprint density at radius 2 is 2.31 bits per heavy atom. The summed E-state index contributed by atoms with van der Waals surface area (Å²) < 4.78 is 0. The third-order valence-electron chi connectivity index (χ3n) is 2.74. The van der Waals surface area contributed by atoms with Gasteiger partial charge in [0.25, 0.3) is 0 Å². The summed E-state index contributed by atoms with van der Waals surface area (Å²) in [4.78, 5) is 12.9. The van der Waals surface area contributed by atoms with Gasteiger partial charge in [0.05, 0.1) is 0 Å². The molecular formula is C10H15NO2. The van der Waals surface area contributed by atoms with Gasteiger partial charge in [-0.1, -0.05) is 0 Å². The molecule has 0 radical (unpaired) electrons. The second kappa shape index (κ2) is 3.50. The fourth-order valence-corrected chi connectivity index (χ4v) is 1.97. The van der Waals surface area contributed by atoms with Gasteiger partial charge in [-0.25, -0.2) is 4.79 Å². The normalized spacial score (nSPS) is 27.8. The van der Waals surface area contributed by atoms with Gasteiger partial charge in [0.15, 0.2) is 0 Å². The Morgan fingerprint density at radius 1 is 1.54 bits per heavy atom. The molecule has 72 valence electrons. The highest BCUT2D eigenvalue weighted by molar-refractivity contribution is 5.80. The van der Waals surface area contributed by atoms with E-state index in [0.717, 1.165) is 37.5 Å². The standard InChI is InChI=1S/C10H15NO2/c12-10(13)6-8-2-1-5-11(7-8)9-3-4-9/h6,9H,1-5,7H2,(H,12,13)/b8-6-. The molecule has 1 aliphatic carbocycles. The van der Waals surface area contributed by atoms with E-state index in [4.69, 9.17) is 5.11 Å². The van der Waals surface area contributed by atoms with Gasteiger partial charge in [0.2, 0.25) is 0 Å². The predicted molar refractivity (Wildman–Crippen MR) is 49.5 cm³/mol. The largest absolute Gasteiger partial charge is 0.478 e. The second-order valence-electron chi connectivity index (χ2n) is 3.95. The number of carboxylic acid groups (broad SMARTS) is 1. The quantitative estimate of drug-likeness (QED) is 0.652. The molecule has 0 amide bonds. The number of nitrogens with zero attached hydrogens (tertiary/aromatic N) is 1. The van der Waals surface area contributed by atoms with Crippen molar-refractivity contribution in [2.24, 2.45) is 0 Å². The van der Waals surface area contributed by atoms with E-state index in [1.807, 2.05) is 0 Å². The van der Waals surface area contributed by atoms with Crippen LogP contribution >= 0.6 is 0 Å². The molecule has 2 aliphatic rings. The molecule has 1 N–H and O–H groups in total. The Morgan fingerprint density at radius 3 is 2.92 bits per heavy atom. The molecule has 2 fully saturated rings. The number of carbonyl (C=O) groups is 1. The summed E-state index contributed by atoms with van der Waals surface area (Å²) in [6.45, 7) is 2.04. The first-order chi connectivity index (χ1) is 6.25. The van der Waals surface area contributed by atoms with Crippen LogP contribution in [0.25, 0.3) is 0 Å². The van der Waals surface area contributed by atoms with Crippen molar-refractivity contribution in [1.82, 2.24) is 4.90 Å². The zero-order chi connectivity index (χ0) is 9.26. The Hall–Kier alpha value is -0.830. The van der Waals surface area contributed by atoms with E-state index in [1.165, 1.54) is 18.9 Å². The van der Waals surface area contributed by atoms with Crippen LogP contribution in [0.2, 0.25) is 0 Å². The maximum absolute atomic E-state index is 10.5. The van der Waals surface area contributed by atoms with Crippen molar-refractivity contribution in [3.8, 4) is 0 Å². The molecule has 0 spiro atoms. The average Bonchev–Trinajstić information content (AvgIpc) is 2.85. The minimum atomic E-state index is -0.798. The lowest BCUT2D eigenvalue weighted by atomic mass is 10.0. The molecule has 2 rings (SSSR count). The molecule has 0 aromatic rings. The molecule has 1 heterocycles. The highest BCUT2D eigenvalue weighted by Crippen LogP contribution is 2.30. The van der Waals surface area contributed by atoms with Crippen molar-refractivity contribution < 1.29 is 9.90 Å². The zero-order valence-electron chi connectivity index (χ0n) is 7.70. The lowest BCUT2D eigenvalue weighted by Crippen LogP contribution is -2.33. The van der Waals surface area contributed by atoms with Gasteiger partial charge >= 0.3 is 5.97 Å². The van der Waals surface area contributed by atoms with Crippen LogP contribution in [0.1, 0.15) is 25.7 Å². The van der Waals surface area contributed by atoms with Gasteiger partial charge in [-0.2, -0.15) is 0 Å². The summed E-state index contributed by atoms with van der Waals surface area (Å²) >= 11 is 0. The SMILES string of the molecule is O=C(O)/C=C1/CCCN(C2CC2)C1. The van der Waals surface area contributed by atoms with Crippen molar-refractivity contribution in [2.45, 2.75) is 31.7 Å².